The van der Waals surface area contributed by atoms with Crippen LogP contribution in [0.5, 0.6) is 0 Å². The van der Waals surface area contributed by atoms with Gasteiger partial charge in [-0.2, -0.15) is 0 Å². The summed E-state index contributed by atoms with van der Waals surface area (Å²) in [5.41, 5.74) is 1.37. The van der Waals surface area contributed by atoms with Crippen molar-refractivity contribution in [3.05, 3.63) is 29.3 Å². The number of nitrogens with zero attached hydrogens (tertiary/aromatic N) is 1. The summed E-state index contributed by atoms with van der Waals surface area (Å²) in [5, 5.41) is 12.6. The number of benzene rings is 1. The first-order valence-corrected chi connectivity index (χ1v) is 9.24. The Bertz CT molecular complexity index is 615. The lowest BCUT2D eigenvalue weighted by atomic mass is 10.0. The van der Waals surface area contributed by atoms with E-state index in [1.165, 1.54) is 0 Å². The smallest absolute Gasteiger partial charge is 0.410 e. The second-order valence-electron chi connectivity index (χ2n) is 7.22. The average Bonchev–Trinajstić information content (AvgIpc) is 2.57. The van der Waals surface area contributed by atoms with E-state index in [4.69, 9.17) is 4.74 Å². The monoisotopic (exact) mass is 364 g/mol. The molecule has 1 aliphatic heterocycles. The van der Waals surface area contributed by atoms with Crippen LogP contribution in [0, 0.1) is 6.92 Å². The van der Waals surface area contributed by atoms with Crippen molar-refractivity contribution in [1.82, 2.24) is 4.90 Å². The fourth-order valence-electron chi connectivity index (χ4n) is 2.71. The molecule has 0 saturated carbocycles. The molecule has 0 unspecified atom stereocenters. The quantitative estimate of drug-likeness (QED) is 0.824. The second kappa shape index (κ2) is 9.46. The van der Waals surface area contributed by atoms with Gasteiger partial charge in [0.25, 0.3) is 0 Å². The molecule has 0 atom stereocenters. The van der Waals surface area contributed by atoms with Crippen LogP contribution in [0.4, 0.5) is 10.5 Å². The summed E-state index contributed by atoms with van der Waals surface area (Å²) >= 11 is 0. The number of hydrogen-bond acceptors (Lipinski definition) is 4. The van der Waals surface area contributed by atoms with Gasteiger partial charge in [-0.15, -0.1) is 0 Å². The number of nitrogens with one attached hydrogen (secondary N) is 1. The van der Waals surface area contributed by atoms with Gasteiger partial charge < -0.3 is 20.1 Å². The fraction of sp³-hybridized carbons (Fsp3) is 0.600. The molecule has 26 heavy (non-hydrogen) atoms. The molecule has 1 saturated heterocycles. The molecule has 0 aromatic heterocycles. The first-order chi connectivity index (χ1) is 12.2. The molecule has 1 aromatic rings. The standard InChI is InChI=1S/C18H26N2O4.C2H6/c1-12-5-6-14(11-15(12)16(21)22)19-13-7-9-20(10-8-13)17(23)24-18(2,3)4;1-2/h5-6,11,13,19H,7-10H2,1-4H3,(H,21,22);1-2H3. The van der Waals surface area contributed by atoms with Gasteiger partial charge in [0.05, 0.1) is 5.56 Å². The zero-order valence-electron chi connectivity index (χ0n) is 16.8. The van der Waals surface area contributed by atoms with Crippen LogP contribution in [0.2, 0.25) is 0 Å². The number of ether oxygens (including phenoxy) is 1. The summed E-state index contributed by atoms with van der Waals surface area (Å²) in [6.07, 6.45) is 1.33. The highest BCUT2D eigenvalue weighted by atomic mass is 16.6. The molecule has 6 heteroatoms. The molecule has 0 radical (unpaired) electrons. The van der Waals surface area contributed by atoms with Crippen LogP contribution in [0.15, 0.2) is 18.2 Å². The number of carboxylic acids is 1. The highest BCUT2D eigenvalue weighted by Crippen LogP contribution is 2.21. The van der Waals surface area contributed by atoms with E-state index in [-0.39, 0.29) is 12.1 Å². The first-order valence-electron chi connectivity index (χ1n) is 9.24. The first kappa shape index (κ1) is 21.8. The van der Waals surface area contributed by atoms with Crippen LogP contribution in [0.3, 0.4) is 0 Å². The number of piperidine rings is 1. The summed E-state index contributed by atoms with van der Waals surface area (Å²) in [7, 11) is 0. The molecule has 2 N–H and O–H groups in total. The molecular formula is C20H32N2O4. The van der Waals surface area contributed by atoms with Gasteiger partial charge in [-0.25, -0.2) is 9.59 Å². The second-order valence-corrected chi connectivity index (χ2v) is 7.22. The van der Waals surface area contributed by atoms with Gasteiger partial charge in [-0.05, 0) is 58.2 Å². The van der Waals surface area contributed by atoms with Crippen LogP contribution in [-0.4, -0.2) is 46.8 Å². The Morgan fingerprint density at radius 2 is 1.77 bits per heavy atom. The van der Waals surface area contributed by atoms with Crippen LogP contribution in [0.1, 0.15) is 63.4 Å². The van der Waals surface area contributed by atoms with Crippen molar-refractivity contribution in [3.63, 3.8) is 0 Å². The molecule has 0 spiro atoms. The van der Waals surface area contributed by atoms with Gasteiger partial charge >= 0.3 is 12.1 Å². The number of rotatable bonds is 3. The summed E-state index contributed by atoms with van der Waals surface area (Å²) in [5.74, 6) is -0.920. The Morgan fingerprint density at radius 1 is 1.19 bits per heavy atom. The molecule has 1 heterocycles. The Balaban J connectivity index is 0.00000163. The number of carbonyl (C=O) groups excluding carboxylic acids is 1. The zero-order valence-corrected chi connectivity index (χ0v) is 16.8. The van der Waals surface area contributed by atoms with Crippen LogP contribution < -0.4 is 5.32 Å². The number of aryl methyl sites for hydroxylation is 1. The maximum Gasteiger partial charge on any atom is 0.410 e. The molecule has 0 aliphatic carbocycles. The SMILES string of the molecule is CC.Cc1ccc(NC2CCN(C(=O)OC(C)(C)C)CC2)cc1C(=O)O. The minimum Gasteiger partial charge on any atom is -0.478 e. The highest BCUT2D eigenvalue weighted by molar-refractivity contribution is 5.90. The number of carbonyl (C=O) groups is 2. The lowest BCUT2D eigenvalue weighted by Gasteiger charge is -2.34. The normalized spacial score (nSPS) is 14.9. The van der Waals surface area contributed by atoms with E-state index in [9.17, 15) is 14.7 Å². The number of hydrogen-bond donors (Lipinski definition) is 2. The lowest BCUT2D eigenvalue weighted by Crippen LogP contribution is -2.44. The fourth-order valence-corrected chi connectivity index (χ4v) is 2.71. The summed E-state index contributed by atoms with van der Waals surface area (Å²) in [6.45, 7) is 12.6. The number of carboxylic acid groups (broad SMARTS) is 1. The van der Waals surface area contributed by atoms with E-state index in [2.05, 4.69) is 5.32 Å². The molecule has 1 fully saturated rings. The lowest BCUT2D eigenvalue weighted by molar-refractivity contribution is 0.0210. The molecule has 1 amide bonds. The molecule has 0 bridgehead atoms. The maximum absolute atomic E-state index is 12.1. The van der Waals surface area contributed by atoms with Gasteiger partial charge in [0, 0.05) is 24.8 Å². The van der Waals surface area contributed by atoms with E-state index in [1.807, 2.05) is 46.8 Å². The average molecular weight is 364 g/mol. The molecule has 1 aliphatic rings. The third-order valence-corrected chi connectivity index (χ3v) is 3.99. The number of amides is 1. The van der Waals surface area contributed by atoms with Crippen molar-refractivity contribution in [2.24, 2.45) is 0 Å². The van der Waals surface area contributed by atoms with E-state index in [0.29, 0.717) is 18.7 Å². The van der Waals surface area contributed by atoms with Gasteiger partial charge in [-0.1, -0.05) is 19.9 Å². The number of likely N-dealkylation sites (tertiary alicyclic amines) is 1. The molecule has 2 rings (SSSR count). The minimum atomic E-state index is -0.920. The zero-order chi connectivity index (χ0) is 19.9. The third kappa shape index (κ3) is 6.58. The topological polar surface area (TPSA) is 78.9 Å². The van der Waals surface area contributed by atoms with Gasteiger partial charge in [0.15, 0.2) is 0 Å². The summed E-state index contributed by atoms with van der Waals surface area (Å²) in [4.78, 5) is 25.0. The largest absolute Gasteiger partial charge is 0.478 e. The van der Waals surface area contributed by atoms with Gasteiger partial charge in [-0.3, -0.25) is 0 Å². The van der Waals surface area contributed by atoms with Crippen molar-refractivity contribution in [2.75, 3.05) is 18.4 Å². The predicted molar refractivity (Wildman–Crippen MR) is 104 cm³/mol. The molecule has 6 nitrogen and oxygen atoms in total. The summed E-state index contributed by atoms with van der Waals surface area (Å²) in [6, 6.07) is 5.58. The maximum atomic E-state index is 12.1. The van der Waals surface area contributed by atoms with Crippen molar-refractivity contribution in [1.29, 1.82) is 0 Å². The molecule has 146 valence electrons. The summed E-state index contributed by atoms with van der Waals surface area (Å²) < 4.78 is 5.39. The Labute approximate surface area is 156 Å². The molecule has 1 aromatic carbocycles. The predicted octanol–water partition coefficient (Wildman–Crippen LogP) is 4.53. The highest BCUT2D eigenvalue weighted by Gasteiger charge is 2.26. The Kier molecular flexibility index (Phi) is 7.93. The van der Waals surface area contributed by atoms with Crippen molar-refractivity contribution in [3.8, 4) is 0 Å². The van der Waals surface area contributed by atoms with Crippen LogP contribution >= 0.6 is 0 Å². The number of aromatic carboxylic acids is 1. The Hall–Kier alpha value is -2.24. The molecular weight excluding hydrogens is 332 g/mol. The Morgan fingerprint density at radius 3 is 2.27 bits per heavy atom. The van der Waals surface area contributed by atoms with E-state index in [0.717, 1.165) is 24.1 Å². The number of anilines is 1. The van der Waals surface area contributed by atoms with Gasteiger partial charge in [0.2, 0.25) is 0 Å². The van der Waals surface area contributed by atoms with Crippen LogP contribution in [0.25, 0.3) is 0 Å². The van der Waals surface area contributed by atoms with E-state index < -0.39 is 11.6 Å². The van der Waals surface area contributed by atoms with Crippen molar-refractivity contribution >= 4 is 17.7 Å². The van der Waals surface area contributed by atoms with Gasteiger partial charge in [0.1, 0.15) is 5.60 Å². The third-order valence-electron chi connectivity index (χ3n) is 3.99. The van der Waals surface area contributed by atoms with E-state index >= 15 is 0 Å². The van der Waals surface area contributed by atoms with E-state index in [1.54, 1.807) is 17.9 Å². The van der Waals surface area contributed by atoms with Crippen molar-refractivity contribution < 1.29 is 19.4 Å². The van der Waals surface area contributed by atoms with Crippen molar-refractivity contribution in [2.45, 2.75) is 66.0 Å². The minimum absolute atomic E-state index is 0.216. The van der Waals surface area contributed by atoms with Crippen LogP contribution in [-0.2, 0) is 4.74 Å².